The van der Waals surface area contributed by atoms with E-state index in [1.165, 1.54) is 24.8 Å². The van der Waals surface area contributed by atoms with Gasteiger partial charge < -0.3 is 19.9 Å². The summed E-state index contributed by atoms with van der Waals surface area (Å²) >= 11 is 0. The number of carbonyl (C=O) groups is 2. The molecular weight excluding hydrogens is 366 g/mol. The van der Waals surface area contributed by atoms with Gasteiger partial charge in [-0.1, -0.05) is 23.8 Å². The largest absolute Gasteiger partial charge is 0.378 e. The van der Waals surface area contributed by atoms with Crippen LogP contribution in [0.4, 0.5) is 11.4 Å². The maximum absolute atomic E-state index is 12.4. The summed E-state index contributed by atoms with van der Waals surface area (Å²) in [4.78, 5) is 28.6. The minimum atomic E-state index is -0.0501. The zero-order chi connectivity index (χ0) is 20.5. The van der Waals surface area contributed by atoms with Crippen molar-refractivity contribution in [2.45, 2.75) is 45.4 Å². The summed E-state index contributed by atoms with van der Waals surface area (Å²) in [6.07, 6.45) is 8.41. The fourth-order valence-electron chi connectivity index (χ4n) is 4.01. The van der Waals surface area contributed by atoms with Crippen molar-refractivity contribution in [3.05, 3.63) is 35.9 Å². The Morgan fingerprint density at radius 1 is 1.17 bits per heavy atom. The predicted molar refractivity (Wildman–Crippen MR) is 116 cm³/mol. The van der Waals surface area contributed by atoms with Crippen LogP contribution in [0, 0.1) is 0 Å². The zero-order valence-corrected chi connectivity index (χ0v) is 17.5. The van der Waals surface area contributed by atoms with E-state index in [1.807, 2.05) is 24.3 Å². The van der Waals surface area contributed by atoms with E-state index in [2.05, 4.69) is 16.3 Å². The van der Waals surface area contributed by atoms with Crippen LogP contribution in [0.3, 0.4) is 0 Å². The Kier molecular flexibility index (Phi) is 8.11. The van der Waals surface area contributed by atoms with Gasteiger partial charge in [0.2, 0.25) is 11.8 Å². The highest BCUT2D eigenvalue weighted by Crippen LogP contribution is 2.30. The molecule has 0 bridgehead atoms. The number of rotatable bonds is 8. The van der Waals surface area contributed by atoms with Gasteiger partial charge in [-0.2, -0.15) is 0 Å². The van der Waals surface area contributed by atoms with E-state index >= 15 is 0 Å². The summed E-state index contributed by atoms with van der Waals surface area (Å²) in [5.41, 5.74) is 3.35. The molecule has 1 aromatic rings. The Bertz CT molecular complexity index is 726. The van der Waals surface area contributed by atoms with Gasteiger partial charge in [-0.25, -0.2) is 0 Å². The maximum atomic E-state index is 12.4. The molecule has 1 saturated heterocycles. The number of nitrogens with zero attached hydrogens (tertiary/aromatic N) is 2. The van der Waals surface area contributed by atoms with E-state index in [0.717, 1.165) is 37.3 Å². The molecule has 1 fully saturated rings. The third kappa shape index (κ3) is 6.32. The molecule has 1 heterocycles. The van der Waals surface area contributed by atoms with Crippen molar-refractivity contribution in [2.75, 3.05) is 49.2 Å². The second kappa shape index (κ2) is 11.0. The first-order chi connectivity index (χ1) is 14.1. The van der Waals surface area contributed by atoms with Crippen molar-refractivity contribution < 1.29 is 14.3 Å². The molecule has 0 atom stereocenters. The summed E-state index contributed by atoms with van der Waals surface area (Å²) in [7, 11) is 0. The molecular formula is C23H33N3O3. The van der Waals surface area contributed by atoms with Crippen LogP contribution < -0.4 is 15.1 Å². The molecule has 2 aliphatic rings. The Hall–Kier alpha value is -2.34. The van der Waals surface area contributed by atoms with Gasteiger partial charge >= 0.3 is 0 Å². The molecule has 3 rings (SSSR count). The molecule has 1 aliphatic heterocycles. The van der Waals surface area contributed by atoms with E-state index in [9.17, 15) is 9.59 Å². The first kappa shape index (κ1) is 21.4. The zero-order valence-electron chi connectivity index (χ0n) is 17.5. The van der Waals surface area contributed by atoms with Crippen molar-refractivity contribution in [3.8, 4) is 0 Å². The Morgan fingerprint density at radius 3 is 2.69 bits per heavy atom. The molecule has 0 saturated carbocycles. The molecule has 158 valence electrons. The number of hydrogen-bond donors (Lipinski definition) is 1. The topological polar surface area (TPSA) is 61.9 Å². The van der Waals surface area contributed by atoms with Crippen LogP contribution in [0.5, 0.6) is 0 Å². The normalized spacial score (nSPS) is 16.9. The number of carbonyl (C=O) groups excluding carboxylic acids is 2. The predicted octanol–water partition coefficient (Wildman–Crippen LogP) is 3.27. The van der Waals surface area contributed by atoms with Gasteiger partial charge in [0.15, 0.2) is 0 Å². The molecule has 0 unspecified atom stereocenters. The lowest BCUT2D eigenvalue weighted by Crippen LogP contribution is -2.39. The number of benzene rings is 1. The lowest BCUT2D eigenvalue weighted by molar-refractivity contribution is -0.121. The molecule has 0 spiro atoms. The minimum absolute atomic E-state index is 0.00323. The quantitative estimate of drug-likeness (QED) is 0.682. The van der Waals surface area contributed by atoms with E-state index < -0.39 is 0 Å². The number of hydrogen-bond acceptors (Lipinski definition) is 4. The molecule has 6 heteroatoms. The van der Waals surface area contributed by atoms with Crippen LogP contribution in [0.25, 0.3) is 0 Å². The van der Waals surface area contributed by atoms with Crippen LogP contribution >= 0.6 is 0 Å². The highest BCUT2D eigenvalue weighted by molar-refractivity contribution is 5.96. The molecule has 0 aromatic heterocycles. The number of allylic oxidation sites excluding steroid dienone is 1. The van der Waals surface area contributed by atoms with Gasteiger partial charge in [-0.05, 0) is 44.2 Å². The summed E-state index contributed by atoms with van der Waals surface area (Å²) in [6, 6.07) is 7.92. The van der Waals surface area contributed by atoms with Gasteiger partial charge in [-0.15, -0.1) is 0 Å². The second-order valence-corrected chi connectivity index (χ2v) is 7.72. The number of para-hydroxylation sites is 2. The minimum Gasteiger partial charge on any atom is -0.378 e. The average molecular weight is 400 g/mol. The molecule has 2 amide bonds. The smallest absolute Gasteiger partial charge is 0.223 e. The molecule has 6 nitrogen and oxygen atoms in total. The number of ether oxygens (including phenoxy) is 1. The Labute approximate surface area is 173 Å². The lowest BCUT2D eigenvalue weighted by atomic mass is 9.97. The third-order valence-corrected chi connectivity index (χ3v) is 5.62. The Morgan fingerprint density at radius 2 is 1.97 bits per heavy atom. The van der Waals surface area contributed by atoms with E-state index in [0.29, 0.717) is 32.7 Å². The fourth-order valence-corrected chi connectivity index (χ4v) is 4.01. The van der Waals surface area contributed by atoms with Crippen molar-refractivity contribution in [1.29, 1.82) is 0 Å². The van der Waals surface area contributed by atoms with Crippen LogP contribution in [0.2, 0.25) is 0 Å². The van der Waals surface area contributed by atoms with Crippen LogP contribution in [0.1, 0.15) is 45.4 Å². The highest BCUT2D eigenvalue weighted by atomic mass is 16.5. The summed E-state index contributed by atoms with van der Waals surface area (Å²) < 4.78 is 5.45. The highest BCUT2D eigenvalue weighted by Gasteiger charge is 2.21. The summed E-state index contributed by atoms with van der Waals surface area (Å²) in [5.74, 6) is -0.0533. The van der Waals surface area contributed by atoms with Crippen molar-refractivity contribution in [3.63, 3.8) is 0 Å². The number of anilines is 2. The SMILES string of the molecule is CC(=O)N(CCC(=O)NCCC1=CCCCC1)c1ccccc1N1CCOCC1. The number of morpholine rings is 1. The van der Waals surface area contributed by atoms with Gasteiger partial charge in [0.25, 0.3) is 0 Å². The molecule has 0 radical (unpaired) electrons. The van der Waals surface area contributed by atoms with E-state index in [-0.39, 0.29) is 11.8 Å². The molecule has 1 aliphatic carbocycles. The first-order valence-corrected chi connectivity index (χ1v) is 10.8. The second-order valence-electron chi connectivity index (χ2n) is 7.72. The fraction of sp³-hybridized carbons (Fsp3) is 0.565. The summed E-state index contributed by atoms with van der Waals surface area (Å²) in [6.45, 7) is 5.60. The average Bonchev–Trinajstić information content (AvgIpc) is 2.75. The number of nitrogens with one attached hydrogen (secondary N) is 1. The van der Waals surface area contributed by atoms with Gasteiger partial charge in [0.1, 0.15) is 0 Å². The summed E-state index contributed by atoms with van der Waals surface area (Å²) in [5, 5.41) is 3.01. The van der Waals surface area contributed by atoms with Crippen molar-refractivity contribution in [1.82, 2.24) is 5.32 Å². The monoisotopic (exact) mass is 399 g/mol. The van der Waals surface area contributed by atoms with E-state index in [1.54, 1.807) is 11.8 Å². The molecule has 1 aromatic carbocycles. The molecule has 29 heavy (non-hydrogen) atoms. The maximum Gasteiger partial charge on any atom is 0.223 e. The standard InChI is InChI=1S/C23H33N3O3/c1-19(27)26(14-12-23(28)24-13-11-20-7-3-2-4-8-20)22-10-6-5-9-21(22)25-15-17-29-18-16-25/h5-7,9-10H,2-4,8,11-18H2,1H3,(H,24,28). The van der Waals surface area contributed by atoms with E-state index in [4.69, 9.17) is 4.74 Å². The lowest BCUT2D eigenvalue weighted by Gasteiger charge is -2.33. The first-order valence-electron chi connectivity index (χ1n) is 10.8. The van der Waals surface area contributed by atoms with Crippen LogP contribution in [0.15, 0.2) is 35.9 Å². The van der Waals surface area contributed by atoms with Crippen LogP contribution in [-0.2, 0) is 14.3 Å². The van der Waals surface area contributed by atoms with Gasteiger partial charge in [-0.3, -0.25) is 9.59 Å². The Balaban J connectivity index is 1.55. The third-order valence-electron chi connectivity index (χ3n) is 5.62. The van der Waals surface area contributed by atoms with Gasteiger partial charge in [0, 0.05) is 39.5 Å². The molecule has 1 N–H and O–H groups in total. The van der Waals surface area contributed by atoms with Gasteiger partial charge in [0.05, 0.1) is 24.6 Å². The van der Waals surface area contributed by atoms with Crippen molar-refractivity contribution in [2.24, 2.45) is 0 Å². The van der Waals surface area contributed by atoms with Crippen molar-refractivity contribution >= 4 is 23.2 Å². The van der Waals surface area contributed by atoms with Crippen LogP contribution in [-0.4, -0.2) is 51.2 Å². The number of amides is 2.